The van der Waals surface area contributed by atoms with Gasteiger partial charge in [0.1, 0.15) is 0 Å². The molecule has 2 nitrogen and oxygen atoms in total. The Morgan fingerprint density at radius 3 is 1.81 bits per heavy atom. The Morgan fingerprint density at radius 2 is 1.33 bits per heavy atom. The smallest absolute Gasteiger partial charge is 0.213 e. The molecule has 0 aliphatic heterocycles. The first-order chi connectivity index (χ1) is 12.7. The molecule has 0 N–H and O–H groups in total. The summed E-state index contributed by atoms with van der Waals surface area (Å²) in [6, 6.07) is 26.1. The van der Waals surface area contributed by atoms with E-state index in [-0.39, 0.29) is 17.0 Å². The van der Waals surface area contributed by atoms with Crippen molar-refractivity contribution in [1.29, 1.82) is 0 Å². The van der Waals surface area contributed by atoms with Crippen molar-refractivity contribution in [3.05, 3.63) is 85.5 Å². The van der Waals surface area contributed by atoms with Gasteiger partial charge >= 0.3 is 0 Å². The van der Waals surface area contributed by atoms with Crippen LogP contribution in [-0.4, -0.2) is 14.1 Å². The molecule has 0 radical (unpaired) electrons. The van der Waals surface area contributed by atoms with Gasteiger partial charge in [-0.1, -0.05) is 43.0 Å². The fraction of sp³-hybridized carbons (Fsp3) is 0.125. The Balaban J connectivity index is 0.00000210. The van der Waals surface area contributed by atoms with Gasteiger partial charge in [-0.25, -0.2) is 0 Å². The van der Waals surface area contributed by atoms with Crippen molar-refractivity contribution in [2.24, 2.45) is 0 Å². The number of hydrogen-bond donors (Lipinski definition) is 0. The molecule has 27 heavy (non-hydrogen) atoms. The van der Waals surface area contributed by atoms with Crippen LogP contribution in [0, 0.1) is 0 Å². The number of pyridine rings is 1. The normalized spacial score (nSPS) is 10.6. The van der Waals surface area contributed by atoms with Crippen molar-refractivity contribution in [2.75, 3.05) is 19.0 Å². The van der Waals surface area contributed by atoms with Gasteiger partial charge in [0, 0.05) is 37.5 Å². The molecule has 4 rings (SSSR count). The molecule has 0 aliphatic carbocycles. The Kier molecular flexibility index (Phi) is 5.62. The summed E-state index contributed by atoms with van der Waals surface area (Å²) >= 11 is 0. The summed E-state index contributed by atoms with van der Waals surface area (Å²) in [5.74, 6) is 0. The number of hydrogen-bond acceptors (Lipinski definition) is 1. The largest absolute Gasteiger partial charge is 1.00 e. The average molecular weight is 419 g/mol. The molecule has 0 amide bonds. The van der Waals surface area contributed by atoms with Crippen LogP contribution in [0.1, 0.15) is 0 Å². The minimum atomic E-state index is 0. The Morgan fingerprint density at radius 1 is 0.815 bits per heavy atom. The number of rotatable bonds is 4. The van der Waals surface area contributed by atoms with Gasteiger partial charge in [0.15, 0.2) is 6.54 Å². The summed E-state index contributed by atoms with van der Waals surface area (Å²) in [6.07, 6.45) is 1.96. The second-order valence-electron chi connectivity index (χ2n) is 6.75. The first-order valence-corrected chi connectivity index (χ1v) is 8.92. The summed E-state index contributed by atoms with van der Waals surface area (Å²) in [4.78, 5) is 2.13. The van der Waals surface area contributed by atoms with E-state index in [2.05, 4.69) is 103 Å². The molecule has 0 saturated heterocycles. The molecular weight excluding hydrogens is 396 g/mol. The Hall–Kier alpha value is -2.65. The summed E-state index contributed by atoms with van der Waals surface area (Å²) in [5, 5.41) is 2.54. The second-order valence-corrected chi connectivity index (χ2v) is 6.75. The number of benzene rings is 3. The molecule has 3 aromatic carbocycles. The zero-order valence-electron chi connectivity index (χ0n) is 15.7. The van der Waals surface area contributed by atoms with E-state index < -0.39 is 0 Å². The number of fused-ring (bicyclic) bond motifs is 2. The molecule has 0 saturated carbocycles. The highest BCUT2D eigenvalue weighted by Crippen LogP contribution is 2.34. The van der Waals surface area contributed by atoms with Gasteiger partial charge in [0.2, 0.25) is 11.0 Å². The lowest BCUT2D eigenvalue weighted by atomic mass is 9.95. The molecule has 0 unspecified atom stereocenters. The number of nitrogens with zero attached hydrogens (tertiary/aromatic N) is 2. The van der Waals surface area contributed by atoms with Crippen LogP contribution in [0.2, 0.25) is 0 Å². The van der Waals surface area contributed by atoms with Crippen LogP contribution in [0.5, 0.6) is 0 Å². The van der Waals surface area contributed by atoms with E-state index >= 15 is 0 Å². The van der Waals surface area contributed by atoms with Crippen LogP contribution < -0.4 is 26.4 Å². The fourth-order valence-electron chi connectivity index (χ4n) is 3.68. The van der Waals surface area contributed by atoms with E-state index in [1.165, 1.54) is 38.6 Å². The lowest BCUT2D eigenvalue weighted by molar-refractivity contribution is -0.634. The van der Waals surface area contributed by atoms with Crippen LogP contribution >= 0.6 is 0 Å². The van der Waals surface area contributed by atoms with Gasteiger partial charge in [-0.2, -0.15) is 4.57 Å². The predicted octanol–water partition coefficient (Wildman–Crippen LogP) is 2.20. The third kappa shape index (κ3) is 3.35. The quantitative estimate of drug-likeness (QED) is 0.280. The number of anilines is 1. The lowest BCUT2D eigenvalue weighted by Gasteiger charge is -2.15. The molecule has 1 heterocycles. The summed E-state index contributed by atoms with van der Waals surface area (Å²) in [7, 11) is 4.14. The van der Waals surface area contributed by atoms with Crippen molar-refractivity contribution in [3.8, 4) is 11.1 Å². The van der Waals surface area contributed by atoms with E-state index in [9.17, 15) is 0 Å². The minimum Gasteiger partial charge on any atom is -1.00 e. The van der Waals surface area contributed by atoms with Gasteiger partial charge in [0.25, 0.3) is 0 Å². The van der Waals surface area contributed by atoms with E-state index in [1.807, 2.05) is 6.08 Å². The molecule has 0 bridgehead atoms. The van der Waals surface area contributed by atoms with Crippen molar-refractivity contribution in [3.63, 3.8) is 0 Å². The maximum atomic E-state index is 3.95. The number of halogens is 1. The molecule has 0 fully saturated rings. The highest BCUT2D eigenvalue weighted by molar-refractivity contribution is 6.07. The fourth-order valence-corrected chi connectivity index (χ4v) is 3.68. The summed E-state index contributed by atoms with van der Waals surface area (Å²) < 4.78 is 2.34. The maximum absolute atomic E-state index is 3.95. The van der Waals surface area contributed by atoms with Crippen LogP contribution in [0.3, 0.4) is 0 Å². The number of para-hydroxylation sites is 2. The van der Waals surface area contributed by atoms with Crippen LogP contribution in [0.25, 0.3) is 32.9 Å². The zero-order valence-corrected chi connectivity index (χ0v) is 17.3. The third-order valence-electron chi connectivity index (χ3n) is 4.91. The first kappa shape index (κ1) is 19.1. The van der Waals surface area contributed by atoms with Crippen molar-refractivity contribution >= 4 is 27.5 Å². The van der Waals surface area contributed by atoms with Gasteiger partial charge < -0.3 is 21.9 Å². The molecule has 0 aliphatic rings. The van der Waals surface area contributed by atoms with Crippen molar-refractivity contribution < 1.29 is 21.5 Å². The van der Waals surface area contributed by atoms with Crippen LogP contribution in [0.4, 0.5) is 5.69 Å². The Labute approximate surface area is 171 Å². The topological polar surface area (TPSA) is 7.12 Å². The third-order valence-corrected chi connectivity index (χ3v) is 4.91. The van der Waals surface area contributed by atoms with Gasteiger partial charge in [-0.15, -0.1) is 0 Å². The highest BCUT2D eigenvalue weighted by atomic mass is 79.9. The lowest BCUT2D eigenvalue weighted by Crippen LogP contribution is -3.00. The SMILES string of the molecule is C=CC[n+]1c2ccccc2c(-c2ccc(N(C)C)cc2)c2ccccc21.[Br-]. The van der Waals surface area contributed by atoms with Crippen molar-refractivity contribution in [1.82, 2.24) is 0 Å². The van der Waals surface area contributed by atoms with Crippen LogP contribution in [-0.2, 0) is 6.54 Å². The van der Waals surface area contributed by atoms with Crippen LogP contribution in [0.15, 0.2) is 85.5 Å². The molecule has 0 atom stereocenters. The van der Waals surface area contributed by atoms with E-state index in [0.717, 1.165) is 6.54 Å². The molecule has 0 spiro atoms. The number of aromatic nitrogens is 1. The van der Waals surface area contributed by atoms with E-state index in [4.69, 9.17) is 0 Å². The average Bonchev–Trinajstić information content (AvgIpc) is 2.68. The van der Waals surface area contributed by atoms with Crippen molar-refractivity contribution in [2.45, 2.75) is 6.54 Å². The summed E-state index contributed by atoms with van der Waals surface area (Å²) in [5.41, 5.74) is 6.21. The molecule has 3 heteroatoms. The predicted molar refractivity (Wildman–Crippen MR) is 112 cm³/mol. The van der Waals surface area contributed by atoms with E-state index in [1.54, 1.807) is 0 Å². The van der Waals surface area contributed by atoms with E-state index in [0.29, 0.717) is 0 Å². The summed E-state index contributed by atoms with van der Waals surface area (Å²) in [6.45, 7) is 4.74. The molecule has 1 aromatic heterocycles. The first-order valence-electron chi connectivity index (χ1n) is 8.92. The molecule has 4 aromatic rings. The highest BCUT2D eigenvalue weighted by Gasteiger charge is 2.19. The zero-order chi connectivity index (χ0) is 18.1. The molecular formula is C24H23BrN2. The standard InChI is InChI=1S/C24H23N2.BrH/c1-4-17-26-22-11-7-5-9-20(22)24(21-10-6-8-12-23(21)26)18-13-15-19(16-14-18)25(2)3;/h4-16H,1,17H2,2-3H3;1H/q+1;/p-1. The minimum absolute atomic E-state index is 0. The van der Waals surface area contributed by atoms with Gasteiger partial charge in [-0.3, -0.25) is 0 Å². The number of allylic oxidation sites excluding steroid dienone is 1. The maximum Gasteiger partial charge on any atom is 0.213 e. The molecule has 136 valence electrons. The monoisotopic (exact) mass is 418 g/mol. The second kappa shape index (κ2) is 7.93. The van der Waals surface area contributed by atoms with Gasteiger partial charge in [0.05, 0.1) is 10.8 Å². The Bertz CT molecular complexity index is 1040. The van der Waals surface area contributed by atoms with Gasteiger partial charge in [-0.05, 0) is 35.9 Å².